The summed E-state index contributed by atoms with van der Waals surface area (Å²) in [5.41, 5.74) is 0.957. The number of aryl methyl sites for hydroxylation is 1. The van der Waals surface area contributed by atoms with Crippen molar-refractivity contribution in [2.24, 2.45) is 0 Å². The summed E-state index contributed by atoms with van der Waals surface area (Å²) in [7, 11) is -0.750. The largest absolute Gasteiger partial charge is 0.432 e. The van der Waals surface area contributed by atoms with Crippen molar-refractivity contribution in [1.82, 2.24) is 10.2 Å². The van der Waals surface area contributed by atoms with Gasteiger partial charge in [0.15, 0.2) is 0 Å². The third-order valence-corrected chi connectivity index (χ3v) is 1.55. The first-order valence-corrected chi connectivity index (χ1v) is 4.35. The van der Waals surface area contributed by atoms with Crippen molar-refractivity contribution in [3.8, 4) is 11.5 Å². The summed E-state index contributed by atoms with van der Waals surface area (Å²) >= 11 is 0. The molecule has 0 atom stereocenters. The Labute approximate surface area is 87.7 Å². The predicted molar refractivity (Wildman–Crippen MR) is 56.1 cm³/mol. The number of rotatable bonds is 1. The third-order valence-electron chi connectivity index (χ3n) is 1.55. The van der Waals surface area contributed by atoms with Crippen LogP contribution >= 0.6 is 0 Å². The van der Waals surface area contributed by atoms with Gasteiger partial charge in [0.1, 0.15) is 0 Å². The molecule has 0 unspecified atom stereocenters. The molecule has 0 bridgehead atoms. The van der Waals surface area contributed by atoms with Gasteiger partial charge in [-0.2, -0.15) is 0 Å². The first kappa shape index (κ1) is 11.4. The van der Waals surface area contributed by atoms with Gasteiger partial charge in [-0.25, -0.2) is 0 Å². The van der Waals surface area contributed by atoms with E-state index in [0.29, 0.717) is 11.8 Å². The normalized spacial score (nSPS) is 9.00. The molecule has 2 rings (SSSR count). The van der Waals surface area contributed by atoms with Crippen LogP contribution in [0.4, 0.5) is 0 Å². The third kappa shape index (κ3) is 3.53. The number of nitrogens with zero attached hydrogens (tertiary/aromatic N) is 2. The van der Waals surface area contributed by atoms with Gasteiger partial charge >= 0.3 is 7.69 Å². The van der Waals surface area contributed by atoms with Gasteiger partial charge in [0.2, 0.25) is 11.8 Å². The molecule has 0 fully saturated rings. The minimum Gasteiger partial charge on any atom is -0.430 e. The highest BCUT2D eigenvalue weighted by molar-refractivity contribution is 6.13. The Morgan fingerprint density at radius 3 is 2.20 bits per heavy atom. The van der Waals surface area contributed by atoms with Crippen LogP contribution in [0, 0.1) is 6.92 Å². The van der Waals surface area contributed by atoms with Crippen molar-refractivity contribution in [2.45, 2.75) is 6.92 Å². The highest BCUT2D eigenvalue weighted by atomic mass is 16.4. The van der Waals surface area contributed by atoms with E-state index in [1.54, 1.807) is 6.92 Å². The molecule has 5 nitrogen and oxygen atoms in total. The zero-order valence-corrected chi connectivity index (χ0v) is 8.29. The Balaban J connectivity index is 0.000000337. The average molecular weight is 206 g/mol. The van der Waals surface area contributed by atoms with Crippen molar-refractivity contribution in [1.29, 1.82) is 0 Å². The molecule has 2 N–H and O–H groups in total. The van der Waals surface area contributed by atoms with Gasteiger partial charge in [0, 0.05) is 12.5 Å². The first-order chi connectivity index (χ1) is 7.27. The van der Waals surface area contributed by atoms with Crippen LogP contribution in [-0.4, -0.2) is 27.9 Å². The summed E-state index contributed by atoms with van der Waals surface area (Å²) in [4.78, 5) is 0. The highest BCUT2D eigenvalue weighted by Crippen LogP contribution is 2.15. The Morgan fingerprint density at radius 2 is 1.73 bits per heavy atom. The van der Waals surface area contributed by atoms with E-state index < -0.39 is 7.69 Å². The lowest BCUT2D eigenvalue weighted by molar-refractivity contribution is 0.448. The molecule has 0 radical (unpaired) electrons. The van der Waals surface area contributed by atoms with Crippen LogP contribution in [0.2, 0.25) is 0 Å². The topological polar surface area (TPSA) is 79.4 Å². The van der Waals surface area contributed by atoms with Gasteiger partial charge in [-0.15, -0.1) is 10.2 Å². The van der Waals surface area contributed by atoms with E-state index in [0.717, 1.165) is 5.56 Å². The maximum atomic E-state index is 7.12. The van der Waals surface area contributed by atoms with Gasteiger partial charge in [-0.3, -0.25) is 0 Å². The quantitative estimate of drug-likeness (QED) is 0.655. The summed E-state index contributed by atoms with van der Waals surface area (Å²) in [6.45, 7) is 1.78. The predicted octanol–water partition coefficient (Wildman–Crippen LogP) is 0.283. The molecule has 1 aromatic heterocycles. The van der Waals surface area contributed by atoms with Crippen LogP contribution < -0.4 is 0 Å². The van der Waals surface area contributed by atoms with E-state index in [-0.39, 0.29) is 0 Å². The van der Waals surface area contributed by atoms with Crippen LogP contribution in [0.25, 0.3) is 11.5 Å². The van der Waals surface area contributed by atoms with E-state index in [1.807, 2.05) is 30.3 Å². The molecule has 6 heteroatoms. The molecule has 0 amide bonds. The SMILES string of the molecule is Cc1nnc(-c2ccccc2)o1.OBO. The molecule has 15 heavy (non-hydrogen) atoms. The zero-order valence-electron chi connectivity index (χ0n) is 8.29. The van der Waals surface area contributed by atoms with Gasteiger partial charge in [-0.05, 0) is 12.1 Å². The molecular formula is C9H11BN2O3. The van der Waals surface area contributed by atoms with E-state index in [9.17, 15) is 0 Å². The summed E-state index contributed by atoms with van der Waals surface area (Å²) in [5.74, 6) is 1.17. The van der Waals surface area contributed by atoms with Crippen LogP contribution in [0.15, 0.2) is 34.7 Å². The van der Waals surface area contributed by atoms with Crippen molar-refractivity contribution >= 4 is 7.69 Å². The standard InChI is InChI=1S/C9H8N2O.BH3O2/c1-7-10-11-9(12-7)8-5-3-2-4-6-8;2-1-3/h2-6H,1H3;1-3H. The molecule has 2 aromatic rings. The number of aromatic nitrogens is 2. The molecule has 0 aliphatic rings. The molecular weight excluding hydrogens is 195 g/mol. The van der Waals surface area contributed by atoms with Crippen LogP contribution in [0.3, 0.4) is 0 Å². The Hall–Kier alpha value is -1.66. The molecule has 1 aromatic carbocycles. The molecule has 78 valence electrons. The number of hydrogen-bond donors (Lipinski definition) is 2. The number of hydrogen-bond acceptors (Lipinski definition) is 5. The van der Waals surface area contributed by atoms with E-state index in [1.165, 1.54) is 0 Å². The lowest BCUT2D eigenvalue weighted by atomic mass is 10.2. The van der Waals surface area contributed by atoms with Crippen LogP contribution in [0.5, 0.6) is 0 Å². The first-order valence-electron chi connectivity index (χ1n) is 4.35. The van der Waals surface area contributed by atoms with E-state index in [4.69, 9.17) is 14.5 Å². The minimum absolute atomic E-state index is 0.577. The van der Waals surface area contributed by atoms with Crippen molar-refractivity contribution in [2.75, 3.05) is 0 Å². The Morgan fingerprint density at radius 1 is 1.13 bits per heavy atom. The van der Waals surface area contributed by atoms with E-state index in [2.05, 4.69) is 10.2 Å². The maximum absolute atomic E-state index is 7.12. The molecule has 0 spiro atoms. The average Bonchev–Trinajstić information content (AvgIpc) is 2.67. The van der Waals surface area contributed by atoms with Crippen molar-refractivity contribution < 1.29 is 14.5 Å². The molecule has 0 aliphatic heterocycles. The minimum atomic E-state index is -0.750. The summed E-state index contributed by atoms with van der Waals surface area (Å²) < 4.78 is 5.25. The molecule has 1 heterocycles. The maximum Gasteiger partial charge on any atom is 0.432 e. The van der Waals surface area contributed by atoms with Crippen molar-refractivity contribution in [3.63, 3.8) is 0 Å². The summed E-state index contributed by atoms with van der Waals surface area (Å²) in [5, 5.41) is 21.9. The van der Waals surface area contributed by atoms with Gasteiger partial charge in [0.05, 0.1) is 0 Å². The zero-order chi connectivity index (χ0) is 11.1. The summed E-state index contributed by atoms with van der Waals surface area (Å²) in [6, 6.07) is 9.70. The lowest BCUT2D eigenvalue weighted by Gasteiger charge is -1.90. The van der Waals surface area contributed by atoms with Crippen LogP contribution in [0.1, 0.15) is 5.89 Å². The lowest BCUT2D eigenvalue weighted by Crippen LogP contribution is -1.75. The molecule has 0 saturated carbocycles. The Kier molecular flexibility index (Phi) is 4.53. The fraction of sp³-hybridized carbons (Fsp3) is 0.111. The van der Waals surface area contributed by atoms with Gasteiger partial charge < -0.3 is 14.5 Å². The number of benzene rings is 1. The Bertz CT molecular complexity index is 391. The fourth-order valence-corrected chi connectivity index (χ4v) is 0.994. The monoisotopic (exact) mass is 206 g/mol. The highest BCUT2D eigenvalue weighted by Gasteiger charge is 2.02. The second kappa shape index (κ2) is 5.95. The van der Waals surface area contributed by atoms with Crippen LogP contribution in [-0.2, 0) is 0 Å². The van der Waals surface area contributed by atoms with Gasteiger partial charge in [-0.1, -0.05) is 18.2 Å². The summed E-state index contributed by atoms with van der Waals surface area (Å²) in [6.07, 6.45) is 0. The second-order valence-electron chi connectivity index (χ2n) is 2.63. The van der Waals surface area contributed by atoms with Crippen molar-refractivity contribution in [3.05, 3.63) is 36.2 Å². The smallest absolute Gasteiger partial charge is 0.430 e. The van der Waals surface area contributed by atoms with E-state index >= 15 is 0 Å². The fourth-order valence-electron chi connectivity index (χ4n) is 0.994. The molecule has 0 saturated heterocycles. The molecule has 0 aliphatic carbocycles. The van der Waals surface area contributed by atoms with Gasteiger partial charge in [0.25, 0.3) is 0 Å². The second-order valence-corrected chi connectivity index (χ2v) is 2.63.